The summed E-state index contributed by atoms with van der Waals surface area (Å²) in [7, 11) is 1.91. The van der Waals surface area contributed by atoms with Crippen LogP contribution >= 0.6 is 0 Å². The first-order valence-corrected chi connectivity index (χ1v) is 9.35. The zero-order chi connectivity index (χ0) is 18.5. The van der Waals surface area contributed by atoms with E-state index in [2.05, 4.69) is 15.0 Å². The number of hydrogen-bond acceptors (Lipinski definition) is 5. The number of nitrogens with zero attached hydrogens (tertiary/aromatic N) is 5. The number of benzene rings is 1. The van der Waals surface area contributed by atoms with Crippen LogP contribution in [0, 0.1) is 0 Å². The van der Waals surface area contributed by atoms with Crippen molar-refractivity contribution in [2.45, 2.75) is 6.42 Å². The first-order valence-electron chi connectivity index (χ1n) is 9.35. The van der Waals surface area contributed by atoms with Gasteiger partial charge in [-0.25, -0.2) is 4.98 Å². The maximum absolute atomic E-state index is 5.89. The lowest BCUT2D eigenvalue weighted by atomic mass is 10.2. The van der Waals surface area contributed by atoms with E-state index in [0.29, 0.717) is 0 Å². The van der Waals surface area contributed by atoms with Gasteiger partial charge in [-0.2, -0.15) is 5.10 Å². The molecule has 0 unspecified atom stereocenters. The lowest BCUT2D eigenvalue weighted by molar-refractivity contribution is 0.0358. The predicted octanol–water partition coefficient (Wildman–Crippen LogP) is 2.37. The minimum atomic E-state index is 0.723. The maximum atomic E-state index is 5.89. The van der Waals surface area contributed by atoms with E-state index < -0.39 is 0 Å². The summed E-state index contributed by atoms with van der Waals surface area (Å²) >= 11 is 0. The summed E-state index contributed by atoms with van der Waals surface area (Å²) in [6, 6.07) is 8.11. The molecule has 1 aliphatic heterocycles. The van der Waals surface area contributed by atoms with Crippen LogP contribution in [0.1, 0.15) is 6.42 Å². The summed E-state index contributed by atoms with van der Waals surface area (Å²) in [6.45, 7) is 5.52. The third kappa shape index (κ3) is 4.37. The molecule has 1 fully saturated rings. The summed E-state index contributed by atoms with van der Waals surface area (Å²) in [5.74, 6) is 1.78. The standard InChI is InChI=1S/C20H25N5O2/c1-23-16-18(15-22-23)25-9-7-21-20(25)17-3-5-19(6-4-17)27-12-2-8-24-10-13-26-14-11-24/h3-7,9,15-16H,2,8,10-14H2,1H3. The molecular formula is C20H25N5O2. The van der Waals surface area contributed by atoms with E-state index in [0.717, 1.165) is 68.7 Å². The highest BCUT2D eigenvalue weighted by Crippen LogP contribution is 2.23. The Morgan fingerprint density at radius 1 is 1.15 bits per heavy atom. The summed E-state index contributed by atoms with van der Waals surface area (Å²) in [4.78, 5) is 6.92. The lowest BCUT2D eigenvalue weighted by Crippen LogP contribution is -2.37. The fourth-order valence-electron chi connectivity index (χ4n) is 3.26. The molecule has 3 aromatic rings. The molecule has 142 valence electrons. The van der Waals surface area contributed by atoms with Gasteiger partial charge in [-0.3, -0.25) is 14.1 Å². The molecule has 1 aliphatic rings. The predicted molar refractivity (Wildman–Crippen MR) is 103 cm³/mol. The molecule has 1 aromatic carbocycles. The first-order chi connectivity index (χ1) is 13.3. The van der Waals surface area contributed by atoms with Crippen molar-refractivity contribution in [3.05, 3.63) is 49.1 Å². The van der Waals surface area contributed by atoms with Gasteiger partial charge in [0.25, 0.3) is 0 Å². The number of imidazole rings is 1. The van der Waals surface area contributed by atoms with Crippen LogP contribution < -0.4 is 4.74 Å². The van der Waals surface area contributed by atoms with Gasteiger partial charge in [-0.05, 0) is 30.7 Å². The summed E-state index contributed by atoms with van der Waals surface area (Å²) in [5.41, 5.74) is 2.04. The number of aromatic nitrogens is 4. The molecular weight excluding hydrogens is 342 g/mol. The lowest BCUT2D eigenvalue weighted by Gasteiger charge is -2.26. The topological polar surface area (TPSA) is 57.3 Å². The zero-order valence-corrected chi connectivity index (χ0v) is 15.6. The Bertz CT molecular complexity index is 849. The Balaban J connectivity index is 1.33. The van der Waals surface area contributed by atoms with Gasteiger partial charge in [0, 0.05) is 50.8 Å². The second-order valence-electron chi connectivity index (χ2n) is 6.67. The first kappa shape index (κ1) is 17.8. The van der Waals surface area contributed by atoms with E-state index in [-0.39, 0.29) is 0 Å². The quantitative estimate of drug-likeness (QED) is 0.600. The van der Waals surface area contributed by atoms with Gasteiger partial charge in [0.05, 0.1) is 31.7 Å². The van der Waals surface area contributed by atoms with Gasteiger partial charge < -0.3 is 9.47 Å². The molecule has 0 bridgehead atoms. The molecule has 2 aromatic heterocycles. The highest BCUT2D eigenvalue weighted by atomic mass is 16.5. The maximum Gasteiger partial charge on any atom is 0.144 e. The van der Waals surface area contributed by atoms with Gasteiger partial charge in [-0.1, -0.05) is 0 Å². The SMILES string of the molecule is Cn1cc(-n2ccnc2-c2ccc(OCCCN3CCOCC3)cc2)cn1. The highest BCUT2D eigenvalue weighted by molar-refractivity contribution is 5.59. The Hall–Kier alpha value is -2.64. The Labute approximate surface area is 159 Å². The number of ether oxygens (including phenoxy) is 2. The molecule has 0 amide bonds. The zero-order valence-electron chi connectivity index (χ0n) is 15.6. The molecule has 4 rings (SSSR count). The van der Waals surface area contributed by atoms with Gasteiger partial charge in [0.2, 0.25) is 0 Å². The van der Waals surface area contributed by atoms with Crippen molar-refractivity contribution in [1.29, 1.82) is 0 Å². The molecule has 3 heterocycles. The van der Waals surface area contributed by atoms with Crippen LogP contribution in [0.5, 0.6) is 5.75 Å². The van der Waals surface area contributed by atoms with Crippen LogP contribution in [-0.2, 0) is 11.8 Å². The molecule has 0 spiro atoms. The number of rotatable bonds is 7. The minimum Gasteiger partial charge on any atom is -0.494 e. The van der Waals surface area contributed by atoms with Crippen molar-refractivity contribution in [3.8, 4) is 22.8 Å². The van der Waals surface area contributed by atoms with Gasteiger partial charge >= 0.3 is 0 Å². The fourth-order valence-corrected chi connectivity index (χ4v) is 3.26. The second-order valence-corrected chi connectivity index (χ2v) is 6.67. The summed E-state index contributed by atoms with van der Waals surface area (Å²) in [5, 5.41) is 4.23. The van der Waals surface area contributed by atoms with Crippen LogP contribution in [0.3, 0.4) is 0 Å². The van der Waals surface area contributed by atoms with Gasteiger partial charge in [0.15, 0.2) is 0 Å². The fraction of sp³-hybridized carbons (Fsp3) is 0.400. The van der Waals surface area contributed by atoms with Crippen molar-refractivity contribution < 1.29 is 9.47 Å². The molecule has 0 N–H and O–H groups in total. The average molecular weight is 367 g/mol. The number of hydrogen-bond donors (Lipinski definition) is 0. The van der Waals surface area contributed by atoms with Crippen molar-refractivity contribution in [3.63, 3.8) is 0 Å². The van der Waals surface area contributed by atoms with E-state index in [9.17, 15) is 0 Å². The van der Waals surface area contributed by atoms with E-state index in [1.165, 1.54) is 0 Å². The van der Waals surface area contributed by atoms with Crippen LogP contribution in [0.2, 0.25) is 0 Å². The van der Waals surface area contributed by atoms with E-state index >= 15 is 0 Å². The normalized spacial score (nSPS) is 15.1. The van der Waals surface area contributed by atoms with Gasteiger partial charge in [-0.15, -0.1) is 0 Å². The van der Waals surface area contributed by atoms with Crippen LogP contribution in [0.4, 0.5) is 0 Å². The molecule has 7 nitrogen and oxygen atoms in total. The third-order valence-electron chi connectivity index (χ3n) is 4.71. The van der Waals surface area contributed by atoms with E-state index in [1.54, 1.807) is 10.9 Å². The van der Waals surface area contributed by atoms with Crippen LogP contribution in [0.15, 0.2) is 49.1 Å². The third-order valence-corrected chi connectivity index (χ3v) is 4.71. The van der Waals surface area contributed by atoms with E-state index in [1.807, 2.05) is 54.5 Å². The molecule has 7 heteroatoms. The number of morpholine rings is 1. The van der Waals surface area contributed by atoms with Crippen molar-refractivity contribution >= 4 is 0 Å². The smallest absolute Gasteiger partial charge is 0.144 e. The molecule has 27 heavy (non-hydrogen) atoms. The Morgan fingerprint density at radius 2 is 1.96 bits per heavy atom. The molecule has 0 aliphatic carbocycles. The highest BCUT2D eigenvalue weighted by Gasteiger charge is 2.10. The van der Waals surface area contributed by atoms with Crippen molar-refractivity contribution in [2.24, 2.45) is 7.05 Å². The van der Waals surface area contributed by atoms with Crippen LogP contribution in [-0.4, -0.2) is 63.7 Å². The molecule has 0 saturated carbocycles. The summed E-state index contributed by atoms with van der Waals surface area (Å²) < 4.78 is 15.1. The minimum absolute atomic E-state index is 0.723. The van der Waals surface area contributed by atoms with Gasteiger partial charge in [0.1, 0.15) is 11.6 Å². The molecule has 1 saturated heterocycles. The van der Waals surface area contributed by atoms with Crippen molar-refractivity contribution in [1.82, 2.24) is 24.2 Å². The Morgan fingerprint density at radius 3 is 2.70 bits per heavy atom. The largest absolute Gasteiger partial charge is 0.494 e. The molecule has 0 radical (unpaired) electrons. The monoisotopic (exact) mass is 367 g/mol. The molecule has 0 atom stereocenters. The van der Waals surface area contributed by atoms with Crippen molar-refractivity contribution in [2.75, 3.05) is 39.5 Å². The average Bonchev–Trinajstić information content (AvgIpc) is 3.35. The van der Waals surface area contributed by atoms with E-state index in [4.69, 9.17) is 9.47 Å². The second kappa shape index (κ2) is 8.37. The van der Waals surface area contributed by atoms with Crippen LogP contribution in [0.25, 0.3) is 17.1 Å². The Kier molecular flexibility index (Phi) is 5.50. The number of aryl methyl sites for hydroxylation is 1. The summed E-state index contributed by atoms with van der Waals surface area (Å²) in [6.07, 6.45) is 8.57.